The first-order chi connectivity index (χ1) is 6.30. The third-order valence-corrected chi connectivity index (χ3v) is 1.94. The maximum absolute atomic E-state index is 13.1. The predicted molar refractivity (Wildman–Crippen MR) is 38.0 cm³/mol. The molecular formula is C7H2ClF5O. The van der Waals surface area contributed by atoms with Crippen molar-refractivity contribution >= 4 is 16.8 Å². The van der Waals surface area contributed by atoms with Gasteiger partial charge in [-0.25, -0.2) is 22.0 Å². The van der Waals surface area contributed by atoms with Gasteiger partial charge in [-0.2, -0.15) is 0 Å². The van der Waals surface area contributed by atoms with Gasteiger partial charge >= 0.3 is 0 Å². The van der Waals surface area contributed by atoms with Crippen LogP contribution in [0.1, 0.15) is 0 Å². The van der Waals surface area contributed by atoms with E-state index in [1.165, 1.54) is 0 Å². The molecule has 0 spiro atoms. The summed E-state index contributed by atoms with van der Waals surface area (Å²) in [6.07, 6.45) is -3.59. The van der Waals surface area contributed by atoms with E-state index in [1.807, 2.05) is 0 Å². The van der Waals surface area contributed by atoms with Crippen LogP contribution in [0.4, 0.5) is 22.0 Å². The summed E-state index contributed by atoms with van der Waals surface area (Å²) in [6.45, 7) is 0. The van der Waals surface area contributed by atoms with E-state index in [2.05, 4.69) is 11.6 Å². The first-order valence-electron chi connectivity index (χ1n) is 3.27. The van der Waals surface area contributed by atoms with Crippen molar-refractivity contribution in [3.63, 3.8) is 0 Å². The topological polar surface area (TPSA) is 17.1 Å². The molecule has 0 aromatic carbocycles. The van der Waals surface area contributed by atoms with Crippen LogP contribution in [0.2, 0.25) is 0 Å². The Morgan fingerprint density at radius 3 is 2.36 bits per heavy atom. The van der Waals surface area contributed by atoms with Crippen LogP contribution in [0.5, 0.6) is 0 Å². The Bertz CT molecular complexity index is 350. The quantitative estimate of drug-likeness (QED) is 0.502. The first-order valence-corrected chi connectivity index (χ1v) is 3.65. The summed E-state index contributed by atoms with van der Waals surface area (Å²) >= 11 is 4.59. The highest BCUT2D eigenvalue weighted by Crippen LogP contribution is 2.39. The molecule has 0 heterocycles. The average Bonchev–Trinajstić information content (AvgIpc) is 2.11. The Morgan fingerprint density at radius 1 is 1.43 bits per heavy atom. The van der Waals surface area contributed by atoms with E-state index in [-0.39, 0.29) is 6.08 Å². The van der Waals surface area contributed by atoms with Gasteiger partial charge in [0, 0.05) is 6.08 Å². The fourth-order valence-electron chi connectivity index (χ4n) is 0.887. The normalized spacial score (nSPS) is 33.0. The van der Waals surface area contributed by atoms with Crippen LogP contribution in [0.3, 0.4) is 0 Å². The van der Waals surface area contributed by atoms with Crippen LogP contribution in [0.25, 0.3) is 0 Å². The Labute approximate surface area is 79.8 Å². The van der Waals surface area contributed by atoms with Crippen LogP contribution >= 0.6 is 11.6 Å². The van der Waals surface area contributed by atoms with Crippen molar-refractivity contribution in [3.8, 4) is 0 Å². The molecule has 14 heavy (non-hydrogen) atoms. The number of rotatable bonds is 1. The summed E-state index contributed by atoms with van der Waals surface area (Å²) < 4.78 is 63.1. The van der Waals surface area contributed by atoms with Gasteiger partial charge in [-0.05, 0) is 11.6 Å². The third kappa shape index (κ3) is 1.43. The van der Waals surface area contributed by atoms with E-state index in [1.54, 1.807) is 0 Å². The maximum atomic E-state index is 13.1. The second-order valence-corrected chi connectivity index (χ2v) is 2.90. The van der Waals surface area contributed by atoms with Crippen molar-refractivity contribution < 1.29 is 26.7 Å². The fraction of sp³-hybridized carbons (Fsp3) is 0.286. The maximum Gasteiger partial charge on any atom is 0.266 e. The SMILES string of the molecule is O=C(Cl)C1(F)C=C(F)C(F)=C(F)C1F. The average molecular weight is 233 g/mol. The molecule has 0 amide bonds. The molecule has 2 atom stereocenters. The number of carbonyl (C=O) groups is 1. The lowest BCUT2D eigenvalue weighted by atomic mass is 9.95. The first kappa shape index (κ1) is 11.2. The fourth-order valence-corrected chi connectivity index (χ4v) is 1.04. The Hall–Kier alpha value is -0.910. The summed E-state index contributed by atoms with van der Waals surface area (Å²) in [5.74, 6) is -6.47. The Kier molecular flexibility index (Phi) is 2.67. The van der Waals surface area contributed by atoms with Crippen molar-refractivity contribution in [2.45, 2.75) is 11.8 Å². The Balaban J connectivity index is 3.27. The molecule has 0 saturated heterocycles. The summed E-state index contributed by atoms with van der Waals surface area (Å²) in [5, 5.41) is -1.96. The molecule has 2 unspecified atom stereocenters. The third-order valence-electron chi connectivity index (χ3n) is 1.65. The zero-order valence-corrected chi connectivity index (χ0v) is 7.09. The lowest BCUT2D eigenvalue weighted by Gasteiger charge is -2.23. The van der Waals surface area contributed by atoms with Crippen molar-refractivity contribution in [3.05, 3.63) is 23.6 Å². The molecule has 0 fully saturated rings. The molecule has 0 N–H and O–H groups in total. The van der Waals surface area contributed by atoms with Crippen molar-refractivity contribution in [1.29, 1.82) is 0 Å². The molecule has 0 aromatic heterocycles. The van der Waals surface area contributed by atoms with E-state index in [4.69, 9.17) is 0 Å². The van der Waals surface area contributed by atoms with Gasteiger partial charge in [-0.15, -0.1) is 0 Å². The number of halogens is 6. The van der Waals surface area contributed by atoms with Gasteiger partial charge in [0.2, 0.25) is 11.8 Å². The van der Waals surface area contributed by atoms with Gasteiger partial charge in [0.15, 0.2) is 17.5 Å². The molecule has 0 aromatic rings. The molecule has 1 rings (SSSR count). The number of alkyl halides is 2. The highest BCUT2D eigenvalue weighted by molar-refractivity contribution is 6.65. The standard InChI is InChI=1S/C7H2ClF5O/c8-6(14)7(13)1-2(9)3(10)4(11)5(7)12/h1,5H. The van der Waals surface area contributed by atoms with Crippen molar-refractivity contribution in [2.24, 2.45) is 0 Å². The van der Waals surface area contributed by atoms with Gasteiger partial charge in [-0.3, -0.25) is 4.79 Å². The van der Waals surface area contributed by atoms with Crippen LogP contribution < -0.4 is 0 Å². The van der Waals surface area contributed by atoms with Crippen LogP contribution in [-0.4, -0.2) is 17.1 Å². The summed E-state index contributed by atoms with van der Waals surface area (Å²) in [6, 6.07) is 0. The van der Waals surface area contributed by atoms with Crippen LogP contribution in [0, 0.1) is 0 Å². The number of hydrogen-bond acceptors (Lipinski definition) is 1. The number of allylic oxidation sites excluding steroid dienone is 4. The smallest absolute Gasteiger partial charge is 0.266 e. The molecule has 0 saturated carbocycles. The molecular weight excluding hydrogens is 231 g/mol. The highest BCUT2D eigenvalue weighted by Gasteiger charge is 2.52. The zero-order valence-electron chi connectivity index (χ0n) is 6.33. The van der Waals surface area contributed by atoms with Gasteiger partial charge in [-0.1, -0.05) is 0 Å². The zero-order chi connectivity index (χ0) is 11.1. The van der Waals surface area contributed by atoms with E-state index in [9.17, 15) is 26.7 Å². The van der Waals surface area contributed by atoms with Crippen LogP contribution in [0.15, 0.2) is 23.6 Å². The van der Waals surface area contributed by atoms with Crippen molar-refractivity contribution in [1.82, 2.24) is 0 Å². The Morgan fingerprint density at radius 2 is 1.93 bits per heavy atom. The molecule has 1 nitrogen and oxygen atoms in total. The molecule has 7 heteroatoms. The van der Waals surface area contributed by atoms with Gasteiger partial charge in [0.25, 0.3) is 5.24 Å². The van der Waals surface area contributed by atoms with Gasteiger partial charge in [0.1, 0.15) is 0 Å². The second kappa shape index (κ2) is 3.34. The minimum atomic E-state index is -3.69. The molecule has 0 radical (unpaired) electrons. The molecule has 1 aliphatic carbocycles. The lowest BCUT2D eigenvalue weighted by Crippen LogP contribution is -2.41. The largest absolute Gasteiger partial charge is 0.277 e. The molecule has 1 aliphatic rings. The lowest BCUT2D eigenvalue weighted by molar-refractivity contribution is -0.122. The highest BCUT2D eigenvalue weighted by atomic mass is 35.5. The van der Waals surface area contributed by atoms with E-state index >= 15 is 0 Å². The second-order valence-electron chi connectivity index (χ2n) is 2.56. The molecule has 78 valence electrons. The van der Waals surface area contributed by atoms with Gasteiger partial charge < -0.3 is 0 Å². The van der Waals surface area contributed by atoms with Crippen LogP contribution in [-0.2, 0) is 4.79 Å². The predicted octanol–water partition coefficient (Wildman–Crippen LogP) is 2.82. The van der Waals surface area contributed by atoms with Crippen molar-refractivity contribution in [2.75, 3.05) is 0 Å². The number of carbonyl (C=O) groups excluding carboxylic acids is 1. The minimum Gasteiger partial charge on any atom is -0.277 e. The molecule has 0 aliphatic heterocycles. The molecule has 0 bridgehead atoms. The number of hydrogen-bond donors (Lipinski definition) is 0. The minimum absolute atomic E-state index is 0.328. The monoisotopic (exact) mass is 232 g/mol. The summed E-state index contributed by atoms with van der Waals surface area (Å²) in [7, 11) is 0. The van der Waals surface area contributed by atoms with Gasteiger partial charge in [0.05, 0.1) is 0 Å². The summed E-state index contributed by atoms with van der Waals surface area (Å²) in [4.78, 5) is 10.4. The van der Waals surface area contributed by atoms with E-state index < -0.39 is 34.6 Å². The summed E-state index contributed by atoms with van der Waals surface area (Å²) in [5.41, 5.74) is -3.69. The van der Waals surface area contributed by atoms with E-state index in [0.29, 0.717) is 0 Å². The van der Waals surface area contributed by atoms with E-state index in [0.717, 1.165) is 0 Å².